The number of sulfonamides is 1. The van der Waals surface area contributed by atoms with Crippen LogP contribution in [0.3, 0.4) is 0 Å². The highest BCUT2D eigenvalue weighted by molar-refractivity contribution is 7.89. The van der Waals surface area contributed by atoms with E-state index in [4.69, 9.17) is 9.47 Å². The third kappa shape index (κ3) is 5.33. The second-order valence-corrected chi connectivity index (χ2v) is 7.25. The first-order valence-electron chi connectivity index (χ1n) is 7.27. The van der Waals surface area contributed by atoms with Crippen molar-refractivity contribution >= 4 is 22.0 Å². The van der Waals surface area contributed by atoms with Crippen molar-refractivity contribution in [2.45, 2.75) is 43.7 Å². The number of carbonyl (C=O) groups is 2. The minimum Gasteiger partial charge on any atom is -0.460 e. The summed E-state index contributed by atoms with van der Waals surface area (Å²) in [5.41, 5.74) is 0.0565. The van der Waals surface area contributed by atoms with Crippen molar-refractivity contribution in [1.82, 2.24) is 4.72 Å². The molecule has 126 valence electrons. The van der Waals surface area contributed by atoms with Gasteiger partial charge < -0.3 is 9.47 Å². The van der Waals surface area contributed by atoms with Crippen molar-refractivity contribution in [2.24, 2.45) is 0 Å². The molecule has 1 aliphatic rings. The second kappa shape index (κ2) is 7.10. The van der Waals surface area contributed by atoms with Gasteiger partial charge in [0, 0.05) is 6.04 Å². The Kier molecular flexibility index (Phi) is 5.38. The number of hydrogen-bond acceptors (Lipinski definition) is 6. The number of rotatable bonds is 7. The van der Waals surface area contributed by atoms with Gasteiger partial charge in [0.05, 0.1) is 16.6 Å². The lowest BCUT2D eigenvalue weighted by Gasteiger charge is -2.09. The van der Waals surface area contributed by atoms with E-state index in [2.05, 4.69) is 4.72 Å². The third-order valence-electron chi connectivity index (χ3n) is 2.97. The van der Waals surface area contributed by atoms with Crippen LogP contribution in [0.5, 0.6) is 0 Å². The summed E-state index contributed by atoms with van der Waals surface area (Å²) in [5.74, 6) is -1.44. The van der Waals surface area contributed by atoms with Gasteiger partial charge in [0.1, 0.15) is 0 Å². The minimum atomic E-state index is -3.65. The Hall–Kier alpha value is -1.93. The monoisotopic (exact) mass is 341 g/mol. The van der Waals surface area contributed by atoms with E-state index in [-0.39, 0.29) is 22.6 Å². The summed E-state index contributed by atoms with van der Waals surface area (Å²) in [5, 5.41) is 0. The Morgan fingerprint density at radius 1 is 1.30 bits per heavy atom. The molecule has 8 heteroatoms. The molecule has 0 amide bonds. The summed E-state index contributed by atoms with van der Waals surface area (Å²) in [6, 6.07) is 5.47. The normalized spacial score (nSPS) is 14.6. The molecule has 0 atom stereocenters. The molecule has 0 aromatic heterocycles. The average molecular weight is 341 g/mol. The molecular formula is C15H19NO6S. The van der Waals surface area contributed by atoms with E-state index in [1.54, 1.807) is 13.8 Å². The largest absolute Gasteiger partial charge is 0.460 e. The molecule has 0 saturated heterocycles. The van der Waals surface area contributed by atoms with Crippen LogP contribution < -0.4 is 4.72 Å². The van der Waals surface area contributed by atoms with Crippen molar-refractivity contribution in [3.63, 3.8) is 0 Å². The molecule has 0 spiro atoms. The molecule has 7 nitrogen and oxygen atoms in total. The van der Waals surface area contributed by atoms with Gasteiger partial charge in [0.2, 0.25) is 10.0 Å². The summed E-state index contributed by atoms with van der Waals surface area (Å²) >= 11 is 0. The quantitative estimate of drug-likeness (QED) is 0.749. The fourth-order valence-corrected chi connectivity index (χ4v) is 3.13. The molecule has 23 heavy (non-hydrogen) atoms. The van der Waals surface area contributed by atoms with Crippen molar-refractivity contribution in [3.05, 3.63) is 29.8 Å². The van der Waals surface area contributed by atoms with Crippen LogP contribution in [0, 0.1) is 0 Å². The van der Waals surface area contributed by atoms with E-state index in [0.29, 0.717) is 0 Å². The summed E-state index contributed by atoms with van der Waals surface area (Å²) in [4.78, 5) is 23.2. The second-order valence-electron chi connectivity index (χ2n) is 5.54. The highest BCUT2D eigenvalue weighted by Crippen LogP contribution is 2.22. The number of benzene rings is 1. The first-order chi connectivity index (χ1) is 10.8. The fraction of sp³-hybridized carbons (Fsp3) is 0.467. The molecule has 1 aromatic rings. The van der Waals surface area contributed by atoms with E-state index in [1.807, 2.05) is 0 Å². The van der Waals surface area contributed by atoms with Crippen molar-refractivity contribution in [3.8, 4) is 0 Å². The van der Waals surface area contributed by atoms with E-state index in [1.165, 1.54) is 24.3 Å². The number of ether oxygens (including phenoxy) is 2. The van der Waals surface area contributed by atoms with Crippen molar-refractivity contribution < 1.29 is 27.5 Å². The number of nitrogens with one attached hydrogen (secondary N) is 1. The minimum absolute atomic E-state index is 0.0105. The molecule has 2 rings (SSSR count). The predicted molar refractivity (Wildman–Crippen MR) is 81.3 cm³/mol. The van der Waals surface area contributed by atoms with Gasteiger partial charge in [0.25, 0.3) is 0 Å². The van der Waals surface area contributed by atoms with E-state index in [9.17, 15) is 18.0 Å². The molecule has 1 aromatic carbocycles. The van der Waals surface area contributed by atoms with Gasteiger partial charge in [-0.1, -0.05) is 6.07 Å². The van der Waals surface area contributed by atoms with Gasteiger partial charge in [-0.15, -0.1) is 0 Å². The molecule has 1 aliphatic carbocycles. The van der Waals surface area contributed by atoms with Crippen LogP contribution in [0.15, 0.2) is 29.2 Å². The highest BCUT2D eigenvalue weighted by atomic mass is 32.2. The average Bonchev–Trinajstić information content (AvgIpc) is 3.27. The summed E-state index contributed by atoms with van der Waals surface area (Å²) in [6.45, 7) is 2.84. The van der Waals surface area contributed by atoms with Crippen LogP contribution in [0.1, 0.15) is 37.0 Å². The molecule has 0 heterocycles. The Morgan fingerprint density at radius 3 is 2.61 bits per heavy atom. The Morgan fingerprint density at radius 2 is 2.00 bits per heavy atom. The first kappa shape index (κ1) is 17.4. The molecule has 0 unspecified atom stereocenters. The summed E-state index contributed by atoms with van der Waals surface area (Å²) in [7, 11) is -3.65. The molecule has 0 bridgehead atoms. The summed E-state index contributed by atoms with van der Waals surface area (Å²) in [6.07, 6.45) is 1.33. The van der Waals surface area contributed by atoms with Gasteiger partial charge in [-0.3, -0.25) is 0 Å². The zero-order valence-corrected chi connectivity index (χ0v) is 13.8. The van der Waals surface area contributed by atoms with E-state index in [0.717, 1.165) is 12.8 Å². The van der Waals surface area contributed by atoms with Crippen LogP contribution >= 0.6 is 0 Å². The van der Waals surface area contributed by atoms with Crippen LogP contribution in [0.25, 0.3) is 0 Å². The van der Waals surface area contributed by atoms with E-state index >= 15 is 0 Å². The van der Waals surface area contributed by atoms with Crippen LogP contribution in [0.2, 0.25) is 0 Å². The van der Waals surface area contributed by atoms with Crippen LogP contribution in [-0.2, 0) is 24.3 Å². The van der Waals surface area contributed by atoms with Gasteiger partial charge in [-0.05, 0) is 44.9 Å². The van der Waals surface area contributed by atoms with Crippen LogP contribution in [0.4, 0.5) is 0 Å². The van der Waals surface area contributed by atoms with Gasteiger partial charge in [-0.2, -0.15) is 0 Å². The molecule has 1 N–H and O–H groups in total. The third-order valence-corrected chi connectivity index (χ3v) is 4.49. The number of carbonyl (C=O) groups excluding carboxylic acids is 2. The predicted octanol–water partition coefficient (Wildman–Crippen LogP) is 1.24. The molecule has 1 fully saturated rings. The maximum Gasteiger partial charge on any atom is 0.344 e. The smallest absolute Gasteiger partial charge is 0.344 e. The molecule has 0 radical (unpaired) electrons. The van der Waals surface area contributed by atoms with Crippen molar-refractivity contribution in [2.75, 3.05) is 6.61 Å². The van der Waals surface area contributed by atoms with Gasteiger partial charge in [-0.25, -0.2) is 22.7 Å². The SMILES string of the molecule is CC(C)OC(=O)COC(=O)c1cccc(S(=O)(=O)NC2CC2)c1. The Balaban J connectivity index is 2.01. The van der Waals surface area contributed by atoms with Gasteiger partial charge >= 0.3 is 11.9 Å². The first-order valence-corrected chi connectivity index (χ1v) is 8.75. The number of hydrogen-bond donors (Lipinski definition) is 1. The van der Waals surface area contributed by atoms with Crippen LogP contribution in [-0.4, -0.2) is 39.1 Å². The lowest BCUT2D eigenvalue weighted by molar-refractivity contribution is -0.150. The van der Waals surface area contributed by atoms with E-state index < -0.39 is 28.6 Å². The highest BCUT2D eigenvalue weighted by Gasteiger charge is 2.28. The maximum atomic E-state index is 12.1. The topological polar surface area (TPSA) is 98.8 Å². The standard InChI is InChI=1S/C15H19NO6S/c1-10(2)22-14(17)9-21-15(18)11-4-3-5-13(8-11)23(19,20)16-12-6-7-12/h3-5,8,10,12,16H,6-7,9H2,1-2H3. The zero-order chi connectivity index (χ0) is 17.0. The fourth-order valence-electron chi connectivity index (χ4n) is 1.78. The zero-order valence-electron chi connectivity index (χ0n) is 12.9. The van der Waals surface area contributed by atoms with Crippen molar-refractivity contribution in [1.29, 1.82) is 0 Å². The lowest BCUT2D eigenvalue weighted by Crippen LogP contribution is -2.26. The van der Waals surface area contributed by atoms with Gasteiger partial charge in [0.15, 0.2) is 6.61 Å². The Labute approximate surface area is 135 Å². The Bertz CT molecular complexity index is 694. The summed E-state index contributed by atoms with van der Waals surface area (Å²) < 4.78 is 36.4. The molecule has 1 saturated carbocycles. The molecule has 0 aliphatic heterocycles. The molecular weight excluding hydrogens is 322 g/mol. The maximum absolute atomic E-state index is 12.1. The lowest BCUT2D eigenvalue weighted by atomic mass is 10.2. The number of esters is 2.